The molecular weight excluding hydrogens is 504 g/mol. The number of Topliss-reactive ketones (excluding diaryl/α,β-unsaturated/α-hetero) is 1. The first-order chi connectivity index (χ1) is 18.8. The Morgan fingerprint density at radius 2 is 1.95 bits per heavy atom. The van der Waals surface area contributed by atoms with Gasteiger partial charge in [-0.1, -0.05) is 30.3 Å². The molecule has 3 saturated heterocycles. The van der Waals surface area contributed by atoms with Crippen molar-refractivity contribution in [3.05, 3.63) is 64.2 Å². The predicted molar refractivity (Wildman–Crippen MR) is 136 cm³/mol. The van der Waals surface area contributed by atoms with E-state index < -0.39 is 29.4 Å². The van der Waals surface area contributed by atoms with Crippen molar-refractivity contribution >= 4 is 16.6 Å². The Morgan fingerprint density at radius 1 is 1.15 bits per heavy atom. The van der Waals surface area contributed by atoms with Gasteiger partial charge in [-0.15, -0.1) is 0 Å². The monoisotopic (exact) mass is 532 g/mol. The fourth-order valence-corrected chi connectivity index (χ4v) is 7.15. The van der Waals surface area contributed by atoms with Crippen LogP contribution in [-0.4, -0.2) is 59.6 Å². The number of benzene rings is 3. The third kappa shape index (κ3) is 2.79. The zero-order chi connectivity index (χ0) is 26.7. The number of carbonyl (C=O) groups excluding carboxylic acids is 1. The van der Waals surface area contributed by atoms with E-state index in [2.05, 4.69) is 0 Å². The lowest BCUT2D eigenvalue weighted by atomic mass is 9.78. The Morgan fingerprint density at radius 3 is 2.69 bits per heavy atom. The summed E-state index contributed by atoms with van der Waals surface area (Å²) in [5.41, 5.74) is 2.14. The summed E-state index contributed by atoms with van der Waals surface area (Å²) in [6.45, 7) is 2.45. The molecule has 2 N–H and O–H groups in total. The highest BCUT2D eigenvalue weighted by Crippen LogP contribution is 2.70. The lowest BCUT2D eigenvalue weighted by Gasteiger charge is -2.46. The lowest BCUT2D eigenvalue weighted by molar-refractivity contribution is -0.289. The number of phenolic OH excluding ortho intramolecular Hbond substituents is 1. The van der Waals surface area contributed by atoms with E-state index in [4.69, 9.17) is 28.4 Å². The second kappa shape index (κ2) is 7.71. The maximum absolute atomic E-state index is 12.9. The van der Waals surface area contributed by atoms with Gasteiger partial charge in [0.15, 0.2) is 11.9 Å². The maximum atomic E-state index is 12.9. The van der Waals surface area contributed by atoms with Gasteiger partial charge in [0.05, 0.1) is 31.3 Å². The molecule has 4 aliphatic heterocycles. The Bertz CT molecular complexity index is 1560. The van der Waals surface area contributed by atoms with Gasteiger partial charge in [0.25, 0.3) is 5.79 Å². The third-order valence-electron chi connectivity index (χ3n) is 9.00. The van der Waals surface area contributed by atoms with Gasteiger partial charge in [0, 0.05) is 22.9 Å². The molecule has 0 saturated carbocycles. The molecule has 202 valence electrons. The van der Waals surface area contributed by atoms with E-state index in [-0.39, 0.29) is 36.1 Å². The van der Waals surface area contributed by atoms with E-state index in [9.17, 15) is 15.0 Å². The molecule has 3 aromatic rings. The number of phenols is 1. The molecule has 0 radical (unpaired) electrons. The first kappa shape index (κ1) is 23.7. The molecule has 8 rings (SSSR count). The summed E-state index contributed by atoms with van der Waals surface area (Å²) in [4.78, 5) is 12.9. The summed E-state index contributed by atoms with van der Waals surface area (Å²) in [6, 6.07) is 11.7. The number of methoxy groups -OCH3 is 1. The molecule has 0 amide bonds. The van der Waals surface area contributed by atoms with Crippen molar-refractivity contribution in [2.75, 3.05) is 20.3 Å². The highest BCUT2D eigenvalue weighted by atomic mass is 16.9. The van der Waals surface area contributed by atoms with Crippen molar-refractivity contribution in [3.8, 4) is 17.2 Å². The van der Waals surface area contributed by atoms with Crippen LogP contribution in [0.15, 0.2) is 36.4 Å². The van der Waals surface area contributed by atoms with Crippen LogP contribution in [0.2, 0.25) is 0 Å². The molecule has 5 aliphatic rings. The van der Waals surface area contributed by atoms with Gasteiger partial charge in [-0.3, -0.25) is 4.79 Å². The van der Waals surface area contributed by atoms with Crippen LogP contribution in [0.4, 0.5) is 0 Å². The zero-order valence-corrected chi connectivity index (χ0v) is 21.6. The lowest BCUT2D eigenvalue weighted by Crippen LogP contribution is -2.67. The summed E-state index contributed by atoms with van der Waals surface area (Å²) in [5, 5.41) is 24.5. The molecule has 9 heteroatoms. The number of aromatic hydroxyl groups is 1. The Labute approximate surface area is 224 Å². The van der Waals surface area contributed by atoms with Crippen LogP contribution in [0.5, 0.6) is 17.2 Å². The quantitative estimate of drug-likeness (QED) is 0.476. The van der Waals surface area contributed by atoms with E-state index in [1.54, 1.807) is 7.11 Å². The largest absolute Gasteiger partial charge is 0.506 e. The Hall–Kier alpha value is -3.21. The minimum atomic E-state index is -1.89. The van der Waals surface area contributed by atoms with Crippen molar-refractivity contribution in [2.24, 2.45) is 0 Å². The second-order valence-electron chi connectivity index (χ2n) is 11.1. The van der Waals surface area contributed by atoms with E-state index in [0.29, 0.717) is 53.5 Å². The fourth-order valence-electron chi connectivity index (χ4n) is 7.15. The highest BCUT2D eigenvalue weighted by Gasteiger charge is 2.90. The SMILES string of the molecule is COc1c2c(c(O)c3c4c(c(C)cc13)C1OC3(COCc5ccccc5)OC1[C@@](O)(O4)[C@@]31CO1)C(=O)CCC2. The summed E-state index contributed by atoms with van der Waals surface area (Å²) in [5.74, 6) is -2.77. The number of carbonyl (C=O) groups is 1. The van der Waals surface area contributed by atoms with Crippen LogP contribution >= 0.6 is 0 Å². The average Bonchev–Trinajstić information content (AvgIpc) is 3.61. The average molecular weight is 533 g/mol. The van der Waals surface area contributed by atoms with Crippen LogP contribution < -0.4 is 9.47 Å². The van der Waals surface area contributed by atoms with Gasteiger partial charge in [-0.05, 0) is 37.0 Å². The first-order valence-corrected chi connectivity index (χ1v) is 13.3. The minimum Gasteiger partial charge on any atom is -0.506 e. The zero-order valence-electron chi connectivity index (χ0n) is 21.6. The molecule has 2 bridgehead atoms. The van der Waals surface area contributed by atoms with Crippen LogP contribution in [-0.2, 0) is 32.0 Å². The molecule has 4 heterocycles. The number of fused-ring (bicyclic) bond motifs is 8. The molecule has 39 heavy (non-hydrogen) atoms. The summed E-state index contributed by atoms with van der Waals surface area (Å²) in [7, 11) is 1.56. The van der Waals surface area contributed by atoms with Crippen LogP contribution in [0, 0.1) is 6.92 Å². The molecule has 3 aromatic carbocycles. The molecule has 3 unspecified atom stereocenters. The molecule has 1 spiro atoms. The summed E-state index contributed by atoms with van der Waals surface area (Å²) >= 11 is 0. The molecule has 5 atom stereocenters. The topological polar surface area (TPSA) is 116 Å². The van der Waals surface area contributed by atoms with E-state index in [1.807, 2.05) is 43.3 Å². The van der Waals surface area contributed by atoms with Crippen LogP contribution in [0.3, 0.4) is 0 Å². The number of aryl methyl sites for hydroxylation is 1. The van der Waals surface area contributed by atoms with Gasteiger partial charge in [0.1, 0.15) is 30.0 Å². The van der Waals surface area contributed by atoms with Gasteiger partial charge < -0.3 is 38.6 Å². The van der Waals surface area contributed by atoms with Crippen molar-refractivity contribution in [2.45, 2.75) is 62.2 Å². The van der Waals surface area contributed by atoms with E-state index in [0.717, 1.165) is 11.1 Å². The second-order valence-corrected chi connectivity index (χ2v) is 11.1. The van der Waals surface area contributed by atoms with Crippen molar-refractivity contribution in [1.29, 1.82) is 0 Å². The van der Waals surface area contributed by atoms with E-state index in [1.165, 1.54) is 0 Å². The molecule has 9 nitrogen and oxygen atoms in total. The number of aliphatic hydroxyl groups is 1. The predicted octanol–water partition coefficient (Wildman–Crippen LogP) is 3.61. The van der Waals surface area contributed by atoms with Crippen molar-refractivity contribution < 1.29 is 43.4 Å². The van der Waals surface area contributed by atoms with Crippen molar-refractivity contribution in [1.82, 2.24) is 0 Å². The van der Waals surface area contributed by atoms with Gasteiger partial charge >= 0.3 is 0 Å². The number of ether oxygens (including phenoxy) is 6. The first-order valence-electron chi connectivity index (χ1n) is 13.3. The third-order valence-corrected chi connectivity index (χ3v) is 9.00. The Balaban J connectivity index is 1.26. The Kier molecular flexibility index (Phi) is 4.68. The highest BCUT2D eigenvalue weighted by molar-refractivity contribution is 6.11. The van der Waals surface area contributed by atoms with Gasteiger partial charge in [-0.2, -0.15) is 0 Å². The normalized spacial score (nSPS) is 33.3. The molecule has 3 fully saturated rings. The van der Waals surface area contributed by atoms with Crippen LogP contribution in [0.25, 0.3) is 10.8 Å². The smallest absolute Gasteiger partial charge is 0.274 e. The number of hydrogen-bond acceptors (Lipinski definition) is 9. The minimum absolute atomic E-state index is 0.0314. The van der Waals surface area contributed by atoms with E-state index >= 15 is 0 Å². The standard InChI is InChI=1S/C30H28O9/c1-15-11-18-22(23(32)21-17(24(18)34-2)9-6-10-19(21)31)25-20(15)26-27-30(33,38-25)28(13-36-28)29(37-26,39-27)14-35-12-16-7-4-3-5-8-16/h3-5,7-8,11,26-27,32-33H,6,9-10,12-14H2,1-2H3/t26?,27?,28-,29?,30-/m1/s1. The molecule has 0 aromatic heterocycles. The van der Waals surface area contributed by atoms with Gasteiger partial charge in [0.2, 0.25) is 11.4 Å². The summed E-state index contributed by atoms with van der Waals surface area (Å²) < 4.78 is 37.1. The number of epoxide rings is 1. The summed E-state index contributed by atoms with van der Waals surface area (Å²) in [6.07, 6.45) is 0.0933. The molecule has 1 aliphatic carbocycles. The molecular formula is C30H28O9. The maximum Gasteiger partial charge on any atom is 0.274 e. The number of ketones is 1. The van der Waals surface area contributed by atoms with Crippen molar-refractivity contribution in [3.63, 3.8) is 0 Å². The fraction of sp³-hybridized carbons (Fsp3) is 0.433. The van der Waals surface area contributed by atoms with Gasteiger partial charge in [-0.25, -0.2) is 0 Å². The number of rotatable bonds is 5. The number of hydrogen-bond donors (Lipinski definition) is 2. The van der Waals surface area contributed by atoms with Crippen LogP contribution in [0.1, 0.15) is 51.6 Å².